The maximum absolute atomic E-state index is 11.8. The molecule has 0 aliphatic carbocycles. The molecule has 5 nitrogen and oxygen atoms in total. The molecular formula is C12H14N4OS. The van der Waals surface area contributed by atoms with Crippen molar-refractivity contribution < 1.29 is 4.79 Å². The first-order chi connectivity index (χ1) is 8.66. The number of carbonyl (C=O) groups excluding carboxylic acids is 1. The lowest BCUT2D eigenvalue weighted by Gasteiger charge is -2.11. The highest BCUT2D eigenvalue weighted by atomic mass is 32.1. The van der Waals surface area contributed by atoms with Crippen molar-refractivity contribution in [2.45, 2.75) is 6.54 Å². The fraction of sp³-hybridized carbons (Fsp3) is 0.250. The number of hydrogen-bond donors (Lipinski definition) is 1. The van der Waals surface area contributed by atoms with Gasteiger partial charge in [0, 0.05) is 30.7 Å². The summed E-state index contributed by atoms with van der Waals surface area (Å²) in [6.07, 6.45) is 0. The van der Waals surface area contributed by atoms with Gasteiger partial charge in [-0.25, -0.2) is 0 Å². The first-order valence-corrected chi connectivity index (χ1v) is 6.32. The lowest BCUT2D eigenvalue weighted by Crippen LogP contribution is -2.21. The summed E-state index contributed by atoms with van der Waals surface area (Å²) in [7, 11) is 3.48. The zero-order valence-electron chi connectivity index (χ0n) is 10.3. The zero-order valence-corrected chi connectivity index (χ0v) is 11.1. The highest BCUT2D eigenvalue weighted by Crippen LogP contribution is 2.13. The number of anilines is 1. The van der Waals surface area contributed by atoms with Crippen molar-refractivity contribution in [1.29, 1.82) is 0 Å². The number of carbonyl (C=O) groups is 1. The molecule has 0 aliphatic rings. The number of hydrogen-bond acceptors (Lipinski definition) is 5. The molecule has 2 rings (SSSR count). The molecule has 1 amide bonds. The first kappa shape index (κ1) is 12.5. The van der Waals surface area contributed by atoms with Crippen molar-refractivity contribution in [3.05, 3.63) is 40.9 Å². The number of amides is 1. The monoisotopic (exact) mass is 262 g/mol. The molecule has 0 unspecified atom stereocenters. The highest BCUT2D eigenvalue weighted by Gasteiger charge is 2.08. The van der Waals surface area contributed by atoms with Crippen LogP contribution in [0.15, 0.2) is 29.6 Å². The molecule has 0 spiro atoms. The lowest BCUT2D eigenvalue weighted by molar-refractivity contribution is 0.0827. The minimum Gasteiger partial charge on any atom is -0.379 e. The Bertz CT molecular complexity index is 525. The second-order valence-corrected chi connectivity index (χ2v) is 4.64. The van der Waals surface area contributed by atoms with Gasteiger partial charge in [0.2, 0.25) is 0 Å². The lowest BCUT2D eigenvalue weighted by atomic mass is 10.2. The average molecular weight is 262 g/mol. The van der Waals surface area contributed by atoms with E-state index in [4.69, 9.17) is 0 Å². The van der Waals surface area contributed by atoms with Gasteiger partial charge in [-0.05, 0) is 29.7 Å². The van der Waals surface area contributed by atoms with E-state index in [9.17, 15) is 4.79 Å². The topological polar surface area (TPSA) is 58.1 Å². The van der Waals surface area contributed by atoms with Crippen LogP contribution in [0.1, 0.15) is 16.1 Å². The Morgan fingerprint density at radius 2 is 2.28 bits per heavy atom. The van der Waals surface area contributed by atoms with Crippen LogP contribution < -0.4 is 5.32 Å². The molecular weight excluding hydrogens is 248 g/mol. The van der Waals surface area contributed by atoms with Crippen LogP contribution in [0.5, 0.6) is 0 Å². The molecule has 0 aliphatic heterocycles. The maximum Gasteiger partial charge on any atom is 0.253 e. The summed E-state index contributed by atoms with van der Waals surface area (Å²) in [6.45, 7) is 0.607. The van der Waals surface area contributed by atoms with Crippen LogP contribution in [-0.4, -0.2) is 34.5 Å². The molecule has 1 aromatic heterocycles. The first-order valence-electron chi connectivity index (χ1n) is 5.48. The van der Waals surface area contributed by atoms with E-state index in [1.165, 1.54) is 11.5 Å². The Kier molecular flexibility index (Phi) is 3.88. The summed E-state index contributed by atoms with van der Waals surface area (Å²) in [5.74, 6) is -0.00558. The average Bonchev–Trinajstić information content (AvgIpc) is 2.89. The molecule has 0 fully saturated rings. The van der Waals surface area contributed by atoms with Gasteiger partial charge in [-0.15, -0.1) is 5.10 Å². The van der Waals surface area contributed by atoms with Gasteiger partial charge in [0.1, 0.15) is 0 Å². The Hall–Kier alpha value is -1.95. The minimum atomic E-state index is -0.00558. The summed E-state index contributed by atoms with van der Waals surface area (Å²) in [5.41, 5.74) is 2.46. The molecule has 94 valence electrons. The van der Waals surface area contributed by atoms with Crippen LogP contribution in [0, 0.1) is 0 Å². The van der Waals surface area contributed by atoms with Gasteiger partial charge in [-0.3, -0.25) is 4.79 Å². The number of nitrogens with one attached hydrogen (secondary N) is 1. The largest absolute Gasteiger partial charge is 0.379 e. The molecule has 0 bridgehead atoms. The van der Waals surface area contributed by atoms with E-state index < -0.39 is 0 Å². The summed E-state index contributed by atoms with van der Waals surface area (Å²) in [4.78, 5) is 13.4. The Morgan fingerprint density at radius 3 is 2.94 bits per heavy atom. The van der Waals surface area contributed by atoms with Gasteiger partial charge in [-0.2, -0.15) is 0 Å². The zero-order chi connectivity index (χ0) is 13.0. The third kappa shape index (κ3) is 3.04. The summed E-state index contributed by atoms with van der Waals surface area (Å²) in [5, 5.41) is 9.05. The van der Waals surface area contributed by atoms with Crippen LogP contribution in [0.2, 0.25) is 0 Å². The van der Waals surface area contributed by atoms with Crippen LogP contribution in [0.3, 0.4) is 0 Å². The Morgan fingerprint density at radius 1 is 1.44 bits per heavy atom. The van der Waals surface area contributed by atoms with Gasteiger partial charge >= 0.3 is 0 Å². The Balaban J connectivity index is 2.05. The van der Waals surface area contributed by atoms with E-state index in [1.807, 2.05) is 23.6 Å². The number of benzene rings is 1. The molecule has 2 aromatic rings. The molecule has 1 N–H and O–H groups in total. The standard InChI is InChI=1S/C12H14N4OS/c1-16(2)12(17)9-4-3-5-10(6-9)13-7-11-8-18-15-14-11/h3-6,8,13H,7H2,1-2H3. The second-order valence-electron chi connectivity index (χ2n) is 4.03. The number of rotatable bonds is 4. The van der Waals surface area contributed by atoms with Gasteiger partial charge < -0.3 is 10.2 Å². The molecule has 6 heteroatoms. The predicted octanol–water partition coefficient (Wildman–Crippen LogP) is 1.85. The van der Waals surface area contributed by atoms with E-state index in [2.05, 4.69) is 14.9 Å². The van der Waals surface area contributed by atoms with E-state index >= 15 is 0 Å². The molecule has 0 radical (unpaired) electrons. The summed E-state index contributed by atoms with van der Waals surface area (Å²) >= 11 is 1.32. The molecule has 0 atom stereocenters. The van der Waals surface area contributed by atoms with E-state index in [1.54, 1.807) is 25.1 Å². The molecule has 0 saturated carbocycles. The summed E-state index contributed by atoms with van der Waals surface area (Å²) in [6, 6.07) is 7.42. The SMILES string of the molecule is CN(C)C(=O)c1cccc(NCc2csnn2)c1. The van der Waals surface area contributed by atoms with Gasteiger partial charge in [0.25, 0.3) is 5.91 Å². The molecule has 1 aromatic carbocycles. The van der Waals surface area contributed by atoms with Gasteiger partial charge in [-0.1, -0.05) is 10.6 Å². The highest BCUT2D eigenvalue weighted by molar-refractivity contribution is 7.03. The number of aromatic nitrogens is 2. The molecule has 18 heavy (non-hydrogen) atoms. The van der Waals surface area contributed by atoms with E-state index in [0.29, 0.717) is 12.1 Å². The van der Waals surface area contributed by atoms with Crippen LogP contribution >= 0.6 is 11.5 Å². The third-order valence-corrected chi connectivity index (χ3v) is 2.95. The molecule has 1 heterocycles. The fourth-order valence-electron chi connectivity index (χ4n) is 1.47. The Labute approximate surface area is 110 Å². The fourth-order valence-corrected chi connectivity index (χ4v) is 1.93. The third-order valence-electron chi connectivity index (χ3n) is 2.39. The van der Waals surface area contributed by atoms with Gasteiger partial charge in [0.15, 0.2) is 0 Å². The van der Waals surface area contributed by atoms with Crippen molar-refractivity contribution in [3.63, 3.8) is 0 Å². The normalized spacial score (nSPS) is 10.1. The van der Waals surface area contributed by atoms with Crippen molar-refractivity contribution in [2.24, 2.45) is 0 Å². The predicted molar refractivity (Wildman–Crippen MR) is 71.7 cm³/mol. The van der Waals surface area contributed by atoms with Crippen LogP contribution in [-0.2, 0) is 6.54 Å². The van der Waals surface area contributed by atoms with E-state index in [-0.39, 0.29) is 5.91 Å². The second kappa shape index (κ2) is 5.59. The van der Waals surface area contributed by atoms with E-state index in [0.717, 1.165) is 11.4 Å². The van der Waals surface area contributed by atoms with Crippen molar-refractivity contribution in [3.8, 4) is 0 Å². The van der Waals surface area contributed by atoms with Crippen molar-refractivity contribution >= 4 is 23.1 Å². The smallest absolute Gasteiger partial charge is 0.253 e. The minimum absolute atomic E-state index is 0.00558. The van der Waals surface area contributed by atoms with Crippen molar-refractivity contribution in [1.82, 2.24) is 14.5 Å². The maximum atomic E-state index is 11.8. The quantitative estimate of drug-likeness (QED) is 0.913. The molecule has 0 saturated heterocycles. The van der Waals surface area contributed by atoms with Crippen LogP contribution in [0.4, 0.5) is 5.69 Å². The van der Waals surface area contributed by atoms with Gasteiger partial charge in [0.05, 0.1) is 12.2 Å². The number of nitrogens with zero attached hydrogens (tertiary/aromatic N) is 3. The van der Waals surface area contributed by atoms with Crippen molar-refractivity contribution in [2.75, 3.05) is 19.4 Å². The van der Waals surface area contributed by atoms with Crippen LogP contribution in [0.25, 0.3) is 0 Å². The summed E-state index contributed by atoms with van der Waals surface area (Å²) < 4.78 is 3.79.